The number of nitrogens with zero attached hydrogens (tertiary/aromatic N) is 1. The number of anilines is 1. The Morgan fingerprint density at radius 3 is 2.64 bits per heavy atom. The monoisotopic (exact) mass is 382 g/mol. The number of benzene rings is 1. The van der Waals surface area contributed by atoms with Crippen LogP contribution in [0.25, 0.3) is 0 Å². The molecule has 7 nitrogen and oxygen atoms in total. The first kappa shape index (κ1) is 18.7. The fraction of sp³-hybridized carbons (Fsp3) is 0.476. The van der Waals surface area contributed by atoms with E-state index in [1.807, 2.05) is 6.92 Å². The van der Waals surface area contributed by atoms with Crippen LogP contribution in [-0.2, 0) is 0 Å². The minimum absolute atomic E-state index is 0.0699. The highest BCUT2D eigenvalue weighted by Crippen LogP contribution is 2.40. The molecule has 0 bridgehead atoms. The Labute approximate surface area is 164 Å². The van der Waals surface area contributed by atoms with Gasteiger partial charge in [-0.05, 0) is 75.4 Å². The molecule has 2 fully saturated rings. The fourth-order valence-corrected chi connectivity index (χ4v) is 3.57. The number of hydrogen-bond acceptors (Lipinski definition) is 5. The summed E-state index contributed by atoms with van der Waals surface area (Å²) >= 11 is 0. The molecular weight excluding hydrogens is 356 g/mol. The van der Waals surface area contributed by atoms with Gasteiger partial charge in [0.1, 0.15) is 5.76 Å². The summed E-state index contributed by atoms with van der Waals surface area (Å²) in [5, 5.41) is 13.0. The molecule has 1 aromatic heterocycles. The van der Waals surface area contributed by atoms with Crippen molar-refractivity contribution in [3.05, 3.63) is 46.8 Å². The minimum Gasteiger partial charge on any atom is -0.360 e. The van der Waals surface area contributed by atoms with Gasteiger partial charge in [0.25, 0.3) is 11.8 Å². The molecule has 1 aliphatic carbocycles. The Balaban J connectivity index is 1.34. The fourth-order valence-electron chi connectivity index (χ4n) is 3.57. The van der Waals surface area contributed by atoms with E-state index in [4.69, 9.17) is 4.52 Å². The van der Waals surface area contributed by atoms with Gasteiger partial charge in [-0.1, -0.05) is 5.16 Å². The van der Waals surface area contributed by atoms with E-state index in [-0.39, 0.29) is 17.5 Å². The minimum atomic E-state index is -0.307. The summed E-state index contributed by atoms with van der Waals surface area (Å²) in [6, 6.07) is 7.01. The van der Waals surface area contributed by atoms with Gasteiger partial charge >= 0.3 is 0 Å². The third-order valence-electron chi connectivity index (χ3n) is 5.48. The molecule has 148 valence electrons. The Bertz CT molecular complexity index is 866. The van der Waals surface area contributed by atoms with Gasteiger partial charge in [-0.15, -0.1) is 0 Å². The normalized spacial score (nSPS) is 17.3. The molecule has 2 amide bonds. The van der Waals surface area contributed by atoms with Gasteiger partial charge in [-0.3, -0.25) is 9.59 Å². The quantitative estimate of drug-likeness (QED) is 0.714. The molecule has 0 radical (unpaired) electrons. The summed E-state index contributed by atoms with van der Waals surface area (Å²) in [5.74, 6) is 1.35. The maximum Gasteiger partial charge on any atom is 0.277 e. The first-order valence-corrected chi connectivity index (χ1v) is 9.97. The van der Waals surface area contributed by atoms with Gasteiger partial charge in [0, 0.05) is 29.8 Å². The van der Waals surface area contributed by atoms with Crippen LogP contribution in [0.2, 0.25) is 0 Å². The number of aromatic nitrogens is 1. The van der Waals surface area contributed by atoms with E-state index in [1.165, 1.54) is 0 Å². The van der Waals surface area contributed by atoms with E-state index < -0.39 is 0 Å². The van der Waals surface area contributed by atoms with Gasteiger partial charge < -0.3 is 20.5 Å². The van der Waals surface area contributed by atoms with Crippen molar-refractivity contribution in [1.82, 2.24) is 15.8 Å². The number of carbonyl (C=O) groups is 2. The molecule has 4 rings (SSSR count). The highest BCUT2D eigenvalue weighted by Gasteiger charge is 2.29. The number of rotatable bonds is 6. The van der Waals surface area contributed by atoms with Gasteiger partial charge in [-0.25, -0.2) is 0 Å². The average Bonchev–Trinajstić information content (AvgIpc) is 3.43. The first-order valence-electron chi connectivity index (χ1n) is 9.97. The van der Waals surface area contributed by atoms with Gasteiger partial charge in [0.15, 0.2) is 5.69 Å². The summed E-state index contributed by atoms with van der Waals surface area (Å²) in [4.78, 5) is 24.9. The van der Waals surface area contributed by atoms with Gasteiger partial charge in [-0.2, -0.15) is 0 Å². The molecule has 2 aliphatic rings. The Morgan fingerprint density at radius 2 is 1.93 bits per heavy atom. The largest absolute Gasteiger partial charge is 0.360 e. The molecule has 1 saturated carbocycles. The smallest absolute Gasteiger partial charge is 0.277 e. The number of nitrogens with one attached hydrogen (secondary N) is 3. The third-order valence-corrected chi connectivity index (χ3v) is 5.48. The van der Waals surface area contributed by atoms with Gasteiger partial charge in [0.2, 0.25) is 0 Å². The molecular formula is C21H26N4O3. The third kappa shape index (κ3) is 4.42. The van der Waals surface area contributed by atoms with Crippen LogP contribution in [0.15, 0.2) is 28.8 Å². The second-order valence-corrected chi connectivity index (χ2v) is 7.78. The summed E-state index contributed by atoms with van der Waals surface area (Å²) < 4.78 is 5.23. The van der Waals surface area contributed by atoms with Crippen LogP contribution < -0.4 is 16.0 Å². The summed E-state index contributed by atoms with van der Waals surface area (Å²) in [6.45, 7) is 4.60. The molecule has 2 aromatic rings. The van der Waals surface area contributed by atoms with E-state index in [2.05, 4.69) is 21.1 Å². The summed E-state index contributed by atoms with van der Waals surface area (Å²) in [7, 11) is 0. The lowest BCUT2D eigenvalue weighted by Crippen LogP contribution is -2.36. The number of carbonyl (C=O) groups excluding carboxylic acids is 2. The predicted octanol–water partition coefficient (Wildman–Crippen LogP) is 2.84. The maximum absolute atomic E-state index is 12.5. The first-order chi connectivity index (χ1) is 13.6. The molecule has 0 unspecified atom stereocenters. The van der Waals surface area contributed by atoms with E-state index in [0.29, 0.717) is 29.6 Å². The molecule has 0 spiro atoms. The molecule has 0 atom stereocenters. The van der Waals surface area contributed by atoms with Crippen LogP contribution in [0.3, 0.4) is 0 Å². The van der Waals surface area contributed by atoms with E-state index in [1.54, 1.807) is 24.3 Å². The van der Waals surface area contributed by atoms with Crippen molar-refractivity contribution >= 4 is 17.5 Å². The molecule has 2 heterocycles. The van der Waals surface area contributed by atoms with Crippen LogP contribution in [0, 0.1) is 12.8 Å². The Hall–Kier alpha value is -2.67. The zero-order valence-electron chi connectivity index (χ0n) is 16.1. The molecule has 3 N–H and O–H groups in total. The average molecular weight is 382 g/mol. The Morgan fingerprint density at radius 1 is 1.14 bits per heavy atom. The SMILES string of the molecule is Cc1cc(NC(=O)c2cc(C3CC3)on2)ccc1C(=O)NCC1CCNCC1. The molecule has 28 heavy (non-hydrogen) atoms. The van der Waals surface area contributed by atoms with Gasteiger partial charge in [0.05, 0.1) is 0 Å². The molecule has 1 aliphatic heterocycles. The predicted molar refractivity (Wildman–Crippen MR) is 106 cm³/mol. The highest BCUT2D eigenvalue weighted by atomic mass is 16.5. The maximum atomic E-state index is 12.5. The number of piperidine rings is 1. The second kappa shape index (κ2) is 8.14. The molecule has 1 saturated heterocycles. The number of amides is 2. The van der Waals surface area contributed by atoms with Crippen LogP contribution in [0.4, 0.5) is 5.69 Å². The van der Waals surface area contributed by atoms with Crippen molar-refractivity contribution < 1.29 is 14.1 Å². The second-order valence-electron chi connectivity index (χ2n) is 7.78. The van der Waals surface area contributed by atoms with Crippen LogP contribution in [0.5, 0.6) is 0 Å². The van der Waals surface area contributed by atoms with Crippen molar-refractivity contribution in [2.24, 2.45) is 5.92 Å². The van der Waals surface area contributed by atoms with Crippen molar-refractivity contribution in [2.75, 3.05) is 25.0 Å². The molecule has 1 aromatic carbocycles. The van der Waals surface area contributed by atoms with Crippen LogP contribution in [-0.4, -0.2) is 36.6 Å². The van der Waals surface area contributed by atoms with Crippen molar-refractivity contribution in [3.8, 4) is 0 Å². The van der Waals surface area contributed by atoms with E-state index in [9.17, 15) is 9.59 Å². The molecule has 7 heteroatoms. The lowest BCUT2D eigenvalue weighted by molar-refractivity contribution is 0.0943. The van der Waals surface area contributed by atoms with Crippen LogP contribution >= 0.6 is 0 Å². The number of aryl methyl sites for hydroxylation is 1. The van der Waals surface area contributed by atoms with E-state index >= 15 is 0 Å². The van der Waals surface area contributed by atoms with Crippen molar-refractivity contribution in [3.63, 3.8) is 0 Å². The zero-order valence-corrected chi connectivity index (χ0v) is 16.1. The van der Waals surface area contributed by atoms with Crippen molar-refractivity contribution in [1.29, 1.82) is 0 Å². The lowest BCUT2D eigenvalue weighted by Gasteiger charge is -2.22. The lowest BCUT2D eigenvalue weighted by atomic mass is 9.98. The zero-order chi connectivity index (χ0) is 19.5. The van der Waals surface area contributed by atoms with E-state index in [0.717, 1.165) is 50.1 Å². The number of hydrogen-bond donors (Lipinski definition) is 3. The standard InChI is InChI=1S/C21H26N4O3/c1-13-10-16(24-21(27)18-11-19(28-25-18)15-2-3-15)4-5-17(13)20(26)23-12-14-6-8-22-9-7-14/h4-5,10-11,14-15,22H,2-3,6-9,12H2,1H3,(H,23,26)(H,24,27). The topological polar surface area (TPSA) is 96.3 Å². The Kier molecular flexibility index (Phi) is 5.43. The van der Waals surface area contributed by atoms with Crippen LogP contribution in [0.1, 0.15) is 63.8 Å². The summed E-state index contributed by atoms with van der Waals surface area (Å²) in [6.07, 6.45) is 4.37. The highest BCUT2D eigenvalue weighted by molar-refractivity contribution is 6.03. The summed E-state index contributed by atoms with van der Waals surface area (Å²) in [5.41, 5.74) is 2.36. The van der Waals surface area contributed by atoms with Crippen molar-refractivity contribution in [2.45, 2.75) is 38.5 Å².